The SMILES string of the molecule is COC(=O)C(C)NC(C)c1cccc(OC)c1. The Morgan fingerprint density at radius 2 is 2.00 bits per heavy atom. The first-order valence-electron chi connectivity index (χ1n) is 5.56. The van der Waals surface area contributed by atoms with Gasteiger partial charge in [0.25, 0.3) is 0 Å². The van der Waals surface area contributed by atoms with Gasteiger partial charge in [0.15, 0.2) is 0 Å². The molecule has 0 fully saturated rings. The van der Waals surface area contributed by atoms with Crippen LogP contribution >= 0.6 is 0 Å². The van der Waals surface area contributed by atoms with Crippen LogP contribution in [0.3, 0.4) is 0 Å². The lowest BCUT2D eigenvalue weighted by Crippen LogP contribution is -2.36. The van der Waals surface area contributed by atoms with Crippen molar-refractivity contribution in [1.82, 2.24) is 5.32 Å². The van der Waals surface area contributed by atoms with E-state index in [1.54, 1.807) is 14.0 Å². The van der Waals surface area contributed by atoms with Gasteiger partial charge in [-0.05, 0) is 31.5 Å². The molecule has 4 nitrogen and oxygen atoms in total. The van der Waals surface area contributed by atoms with Gasteiger partial charge < -0.3 is 9.47 Å². The molecule has 2 atom stereocenters. The first-order chi connectivity index (χ1) is 8.08. The third kappa shape index (κ3) is 3.75. The smallest absolute Gasteiger partial charge is 0.322 e. The number of methoxy groups -OCH3 is 2. The molecule has 0 aliphatic heterocycles. The summed E-state index contributed by atoms with van der Waals surface area (Å²) in [4.78, 5) is 11.3. The summed E-state index contributed by atoms with van der Waals surface area (Å²) in [6.45, 7) is 3.77. The number of rotatable bonds is 5. The van der Waals surface area contributed by atoms with Gasteiger partial charge in [0, 0.05) is 6.04 Å². The number of carbonyl (C=O) groups is 1. The highest BCUT2D eigenvalue weighted by atomic mass is 16.5. The van der Waals surface area contributed by atoms with Crippen LogP contribution in [0.2, 0.25) is 0 Å². The van der Waals surface area contributed by atoms with Crippen LogP contribution in [0.25, 0.3) is 0 Å². The minimum Gasteiger partial charge on any atom is -0.497 e. The fraction of sp³-hybridized carbons (Fsp3) is 0.462. The van der Waals surface area contributed by atoms with Crippen LogP contribution in [-0.4, -0.2) is 26.2 Å². The predicted molar refractivity (Wildman–Crippen MR) is 66.0 cm³/mol. The fourth-order valence-corrected chi connectivity index (χ4v) is 1.63. The lowest BCUT2D eigenvalue weighted by Gasteiger charge is -2.19. The molecule has 0 spiro atoms. The Bertz CT molecular complexity index is 379. The van der Waals surface area contributed by atoms with E-state index < -0.39 is 0 Å². The minimum absolute atomic E-state index is 0.0548. The first-order valence-corrected chi connectivity index (χ1v) is 5.56. The van der Waals surface area contributed by atoms with E-state index in [0.717, 1.165) is 11.3 Å². The molecular formula is C13H19NO3. The highest BCUT2D eigenvalue weighted by molar-refractivity contribution is 5.75. The van der Waals surface area contributed by atoms with Crippen LogP contribution in [0.5, 0.6) is 5.75 Å². The zero-order chi connectivity index (χ0) is 12.8. The van der Waals surface area contributed by atoms with E-state index in [1.807, 2.05) is 31.2 Å². The average Bonchev–Trinajstić information content (AvgIpc) is 2.37. The number of benzene rings is 1. The van der Waals surface area contributed by atoms with Crippen molar-refractivity contribution in [3.05, 3.63) is 29.8 Å². The molecule has 1 N–H and O–H groups in total. The Morgan fingerprint density at radius 1 is 1.29 bits per heavy atom. The third-order valence-corrected chi connectivity index (χ3v) is 2.65. The van der Waals surface area contributed by atoms with Crippen molar-refractivity contribution in [2.24, 2.45) is 0 Å². The first kappa shape index (κ1) is 13.5. The summed E-state index contributed by atoms with van der Waals surface area (Å²) in [6.07, 6.45) is 0. The van der Waals surface area contributed by atoms with E-state index in [-0.39, 0.29) is 18.1 Å². The van der Waals surface area contributed by atoms with Gasteiger partial charge >= 0.3 is 5.97 Å². The summed E-state index contributed by atoms with van der Waals surface area (Å²) in [7, 11) is 3.02. The topological polar surface area (TPSA) is 47.6 Å². The van der Waals surface area contributed by atoms with E-state index in [0.29, 0.717) is 0 Å². The molecule has 2 unspecified atom stereocenters. The Balaban J connectivity index is 2.68. The molecule has 0 bridgehead atoms. The van der Waals surface area contributed by atoms with Crippen molar-refractivity contribution in [3.8, 4) is 5.75 Å². The molecule has 17 heavy (non-hydrogen) atoms. The van der Waals surface area contributed by atoms with Crippen LogP contribution in [0.15, 0.2) is 24.3 Å². The zero-order valence-electron chi connectivity index (χ0n) is 10.7. The largest absolute Gasteiger partial charge is 0.497 e. The number of esters is 1. The Morgan fingerprint density at radius 3 is 2.59 bits per heavy atom. The molecule has 1 rings (SSSR count). The number of carbonyl (C=O) groups excluding carboxylic acids is 1. The van der Waals surface area contributed by atoms with Crippen molar-refractivity contribution in [3.63, 3.8) is 0 Å². The van der Waals surface area contributed by atoms with E-state index in [1.165, 1.54) is 7.11 Å². The van der Waals surface area contributed by atoms with Gasteiger partial charge in [0.1, 0.15) is 11.8 Å². The Kier molecular flexibility index (Phi) is 4.97. The average molecular weight is 237 g/mol. The normalized spacial score (nSPS) is 13.9. The van der Waals surface area contributed by atoms with Crippen LogP contribution in [-0.2, 0) is 9.53 Å². The van der Waals surface area contributed by atoms with Gasteiger partial charge in [-0.15, -0.1) is 0 Å². The van der Waals surface area contributed by atoms with Gasteiger partial charge in [-0.25, -0.2) is 0 Å². The molecule has 0 saturated heterocycles. The second-order valence-electron chi connectivity index (χ2n) is 3.91. The fourth-order valence-electron chi connectivity index (χ4n) is 1.63. The van der Waals surface area contributed by atoms with Crippen molar-refractivity contribution >= 4 is 5.97 Å². The van der Waals surface area contributed by atoms with Crippen molar-refractivity contribution in [1.29, 1.82) is 0 Å². The summed E-state index contributed by atoms with van der Waals surface area (Å²) in [6, 6.07) is 7.47. The summed E-state index contributed by atoms with van der Waals surface area (Å²) in [5, 5.41) is 3.17. The molecule has 0 radical (unpaired) electrons. The second-order valence-corrected chi connectivity index (χ2v) is 3.91. The molecule has 0 heterocycles. The highest BCUT2D eigenvalue weighted by Gasteiger charge is 2.16. The maximum Gasteiger partial charge on any atom is 0.322 e. The monoisotopic (exact) mass is 237 g/mol. The standard InChI is InChI=1S/C13H19NO3/c1-9(14-10(2)13(15)17-4)11-6-5-7-12(8-11)16-3/h5-10,14H,1-4H3. The van der Waals surface area contributed by atoms with Gasteiger partial charge in [-0.1, -0.05) is 12.1 Å². The summed E-state index contributed by atoms with van der Waals surface area (Å²) in [5.74, 6) is 0.543. The molecule has 0 aromatic heterocycles. The predicted octanol–water partition coefficient (Wildman–Crippen LogP) is 1.91. The number of nitrogens with one attached hydrogen (secondary N) is 1. The van der Waals surface area contributed by atoms with E-state index in [4.69, 9.17) is 4.74 Å². The van der Waals surface area contributed by atoms with Crippen LogP contribution in [0, 0.1) is 0 Å². The van der Waals surface area contributed by atoms with E-state index in [9.17, 15) is 4.79 Å². The summed E-state index contributed by atoms with van der Waals surface area (Å²) >= 11 is 0. The van der Waals surface area contributed by atoms with Crippen molar-refractivity contribution < 1.29 is 14.3 Å². The third-order valence-electron chi connectivity index (χ3n) is 2.65. The van der Waals surface area contributed by atoms with Crippen LogP contribution in [0.4, 0.5) is 0 Å². The quantitative estimate of drug-likeness (QED) is 0.795. The number of hydrogen-bond donors (Lipinski definition) is 1. The van der Waals surface area contributed by atoms with Crippen molar-refractivity contribution in [2.45, 2.75) is 25.9 Å². The Labute approximate surface area is 102 Å². The molecule has 94 valence electrons. The molecule has 0 aliphatic rings. The van der Waals surface area contributed by atoms with Crippen LogP contribution < -0.4 is 10.1 Å². The molecule has 4 heteroatoms. The lowest BCUT2D eigenvalue weighted by atomic mass is 10.1. The van der Waals surface area contributed by atoms with Crippen molar-refractivity contribution in [2.75, 3.05) is 14.2 Å². The van der Waals surface area contributed by atoms with Gasteiger partial charge in [0.2, 0.25) is 0 Å². The molecule has 0 saturated carbocycles. The maximum atomic E-state index is 11.3. The highest BCUT2D eigenvalue weighted by Crippen LogP contribution is 2.19. The van der Waals surface area contributed by atoms with E-state index >= 15 is 0 Å². The second kappa shape index (κ2) is 6.25. The van der Waals surface area contributed by atoms with E-state index in [2.05, 4.69) is 10.1 Å². The zero-order valence-corrected chi connectivity index (χ0v) is 10.7. The molecule has 0 aliphatic carbocycles. The minimum atomic E-state index is -0.332. The molecule has 1 aromatic carbocycles. The lowest BCUT2D eigenvalue weighted by molar-refractivity contribution is -0.142. The maximum absolute atomic E-state index is 11.3. The van der Waals surface area contributed by atoms with Gasteiger partial charge in [-0.3, -0.25) is 10.1 Å². The number of hydrogen-bond acceptors (Lipinski definition) is 4. The Hall–Kier alpha value is -1.55. The van der Waals surface area contributed by atoms with Gasteiger partial charge in [0.05, 0.1) is 14.2 Å². The summed E-state index contributed by atoms with van der Waals surface area (Å²) < 4.78 is 9.83. The number of ether oxygens (including phenoxy) is 2. The molecular weight excluding hydrogens is 218 g/mol. The summed E-state index contributed by atoms with van der Waals surface area (Å²) in [5.41, 5.74) is 1.07. The molecule has 0 amide bonds. The van der Waals surface area contributed by atoms with Gasteiger partial charge in [-0.2, -0.15) is 0 Å². The van der Waals surface area contributed by atoms with Crippen LogP contribution in [0.1, 0.15) is 25.5 Å². The molecule has 1 aromatic rings.